The molecule has 11 heteroatoms. The van der Waals surface area contributed by atoms with E-state index in [1.54, 1.807) is 38.5 Å². The Morgan fingerprint density at radius 3 is 2.64 bits per heavy atom. The van der Waals surface area contributed by atoms with Gasteiger partial charge in [-0.25, -0.2) is 9.67 Å². The Balaban J connectivity index is 1.44. The fraction of sp³-hybridized carbons (Fsp3) is 0.387. The van der Waals surface area contributed by atoms with Crippen molar-refractivity contribution in [2.24, 2.45) is 7.05 Å². The Hall–Kier alpha value is -4.51. The van der Waals surface area contributed by atoms with Gasteiger partial charge in [-0.05, 0) is 44.4 Å². The van der Waals surface area contributed by atoms with Crippen LogP contribution in [0.25, 0.3) is 38.9 Å². The summed E-state index contributed by atoms with van der Waals surface area (Å²) < 4.78 is 15.6. The van der Waals surface area contributed by atoms with Crippen LogP contribution in [0.15, 0.2) is 36.8 Å². The second-order valence-electron chi connectivity index (χ2n) is 11.6. The van der Waals surface area contributed by atoms with E-state index in [1.807, 2.05) is 54.5 Å². The minimum Gasteiger partial charge on any atom is -0.496 e. The molecule has 2 aliphatic rings. The summed E-state index contributed by atoms with van der Waals surface area (Å²) in [6, 6.07) is 5.85. The normalized spacial score (nSPS) is 16.0. The molecule has 5 aromatic heterocycles. The monoisotopic (exact) mass is 566 g/mol. The Labute approximate surface area is 243 Å². The largest absolute Gasteiger partial charge is 0.496 e. The highest BCUT2D eigenvalue weighted by molar-refractivity contribution is 6.05. The number of anilines is 1. The quantitative estimate of drug-likeness (QED) is 0.314. The highest BCUT2D eigenvalue weighted by Crippen LogP contribution is 2.42. The molecule has 2 saturated heterocycles. The molecule has 5 aromatic rings. The Bertz CT molecular complexity index is 1870. The van der Waals surface area contributed by atoms with E-state index in [9.17, 15) is 4.79 Å². The van der Waals surface area contributed by atoms with Crippen molar-refractivity contribution in [2.45, 2.75) is 32.3 Å². The number of rotatable bonds is 5. The van der Waals surface area contributed by atoms with E-state index >= 15 is 0 Å². The molecule has 1 spiro atoms. The summed E-state index contributed by atoms with van der Waals surface area (Å²) in [4.78, 5) is 31.6. The first-order valence-electron chi connectivity index (χ1n) is 14.2. The zero-order chi connectivity index (χ0) is 29.3. The summed E-state index contributed by atoms with van der Waals surface area (Å²) in [5.41, 5.74) is 5.65. The first-order chi connectivity index (χ1) is 20.2. The van der Waals surface area contributed by atoms with Crippen molar-refractivity contribution in [2.75, 3.05) is 45.8 Å². The SMILES string of the molecule is COc1ccncc1-c1cc2c(cnn2-c2cc3c(c(N4CC5(CCCO5)C4)n2)c(C)c(C(=O)N(C)C)n3C)c(C)n1. The number of amides is 1. The maximum Gasteiger partial charge on any atom is 0.270 e. The number of hydrogen-bond donors (Lipinski definition) is 0. The highest BCUT2D eigenvalue weighted by atomic mass is 16.5. The van der Waals surface area contributed by atoms with Crippen LogP contribution in [0.3, 0.4) is 0 Å². The third-order valence-electron chi connectivity index (χ3n) is 8.70. The van der Waals surface area contributed by atoms with Crippen molar-refractivity contribution in [1.29, 1.82) is 0 Å². The van der Waals surface area contributed by atoms with Crippen molar-refractivity contribution < 1.29 is 14.3 Å². The van der Waals surface area contributed by atoms with Crippen LogP contribution in [-0.4, -0.2) is 86.6 Å². The number of pyridine rings is 3. The molecule has 42 heavy (non-hydrogen) atoms. The van der Waals surface area contributed by atoms with E-state index in [-0.39, 0.29) is 11.5 Å². The molecule has 11 nitrogen and oxygen atoms in total. The summed E-state index contributed by atoms with van der Waals surface area (Å²) in [6.07, 6.45) is 7.43. The molecular weight excluding hydrogens is 532 g/mol. The van der Waals surface area contributed by atoms with Gasteiger partial charge in [0, 0.05) is 62.7 Å². The minimum absolute atomic E-state index is 0.0424. The zero-order valence-electron chi connectivity index (χ0n) is 24.8. The number of methoxy groups -OCH3 is 1. The van der Waals surface area contributed by atoms with Gasteiger partial charge < -0.3 is 23.8 Å². The molecule has 216 valence electrons. The van der Waals surface area contributed by atoms with Gasteiger partial charge in [0.25, 0.3) is 5.91 Å². The molecule has 0 N–H and O–H groups in total. The van der Waals surface area contributed by atoms with Crippen LogP contribution < -0.4 is 9.64 Å². The molecule has 2 aliphatic heterocycles. The van der Waals surface area contributed by atoms with Gasteiger partial charge in [0.05, 0.1) is 48.7 Å². The van der Waals surface area contributed by atoms with Gasteiger partial charge >= 0.3 is 0 Å². The van der Waals surface area contributed by atoms with Crippen LogP contribution in [0.4, 0.5) is 5.82 Å². The zero-order valence-corrected chi connectivity index (χ0v) is 24.8. The number of aromatic nitrogens is 6. The molecule has 0 unspecified atom stereocenters. The second kappa shape index (κ2) is 9.52. The second-order valence-corrected chi connectivity index (χ2v) is 11.6. The number of nitrogens with zero attached hydrogens (tertiary/aromatic N) is 8. The van der Waals surface area contributed by atoms with E-state index < -0.39 is 0 Å². The summed E-state index contributed by atoms with van der Waals surface area (Å²) in [6.45, 7) is 6.34. The van der Waals surface area contributed by atoms with Gasteiger partial charge in [-0.1, -0.05) is 0 Å². The van der Waals surface area contributed by atoms with Crippen molar-refractivity contribution in [3.63, 3.8) is 0 Å². The molecule has 2 fully saturated rings. The third kappa shape index (κ3) is 3.87. The lowest BCUT2D eigenvalue weighted by Gasteiger charge is -2.48. The number of carbonyl (C=O) groups is 1. The number of hydrogen-bond acceptors (Lipinski definition) is 8. The predicted molar refractivity (Wildman–Crippen MR) is 161 cm³/mol. The minimum atomic E-state index is -0.103. The van der Waals surface area contributed by atoms with Crippen LogP contribution in [0, 0.1) is 13.8 Å². The summed E-state index contributed by atoms with van der Waals surface area (Å²) in [5.74, 6) is 2.17. The smallest absolute Gasteiger partial charge is 0.270 e. The number of fused-ring (bicyclic) bond motifs is 2. The van der Waals surface area contributed by atoms with Crippen LogP contribution in [0.1, 0.15) is 34.6 Å². The van der Waals surface area contributed by atoms with Gasteiger partial charge in [-0.3, -0.25) is 14.8 Å². The van der Waals surface area contributed by atoms with Gasteiger partial charge in [-0.15, -0.1) is 0 Å². The molecule has 0 aliphatic carbocycles. The van der Waals surface area contributed by atoms with Gasteiger partial charge in [0.1, 0.15) is 22.9 Å². The third-order valence-corrected chi connectivity index (χ3v) is 8.70. The highest BCUT2D eigenvalue weighted by Gasteiger charge is 2.47. The van der Waals surface area contributed by atoms with Crippen LogP contribution in [-0.2, 0) is 11.8 Å². The fourth-order valence-corrected chi connectivity index (χ4v) is 6.53. The molecule has 0 bridgehead atoms. The molecule has 0 aromatic carbocycles. The van der Waals surface area contributed by atoms with E-state index in [4.69, 9.17) is 24.5 Å². The van der Waals surface area contributed by atoms with E-state index in [0.29, 0.717) is 17.3 Å². The van der Waals surface area contributed by atoms with E-state index in [2.05, 4.69) is 9.88 Å². The molecule has 0 radical (unpaired) electrons. The molecule has 7 rings (SSSR count). The lowest BCUT2D eigenvalue weighted by Crippen LogP contribution is -2.62. The number of ether oxygens (including phenoxy) is 2. The van der Waals surface area contributed by atoms with Crippen LogP contribution >= 0.6 is 0 Å². The van der Waals surface area contributed by atoms with Crippen LogP contribution in [0.5, 0.6) is 5.75 Å². The molecule has 0 atom stereocenters. The molecule has 7 heterocycles. The topological polar surface area (TPSA) is 103 Å². The Kier molecular flexibility index (Phi) is 5.98. The molecular formula is C31H34N8O3. The van der Waals surface area contributed by atoms with E-state index in [1.165, 1.54) is 0 Å². The molecule has 0 saturated carbocycles. The van der Waals surface area contributed by atoms with Crippen molar-refractivity contribution >= 4 is 33.5 Å². The average molecular weight is 567 g/mol. The van der Waals surface area contributed by atoms with Crippen molar-refractivity contribution in [3.8, 4) is 22.8 Å². The summed E-state index contributed by atoms with van der Waals surface area (Å²) >= 11 is 0. The number of carbonyl (C=O) groups excluding carboxylic acids is 1. The van der Waals surface area contributed by atoms with E-state index in [0.717, 1.165) is 82.7 Å². The number of aryl methyl sites for hydroxylation is 3. The summed E-state index contributed by atoms with van der Waals surface area (Å²) in [5, 5.41) is 6.70. The van der Waals surface area contributed by atoms with Gasteiger partial charge in [0.2, 0.25) is 0 Å². The Morgan fingerprint density at radius 2 is 1.93 bits per heavy atom. The standard InChI is InChI=1S/C31H34N8O3/c1-18-27-24(37(5)28(18)30(40)36(3)4)13-26(35-29(27)38-16-31(17-38)9-7-11-42-31)39-23-12-22(34-19(2)20(23)15-33-39)21-14-32-10-8-25(21)41-6/h8,10,12-15H,7,9,11,16-17H2,1-6H3. The first-order valence-corrected chi connectivity index (χ1v) is 14.2. The maximum absolute atomic E-state index is 13.3. The first kappa shape index (κ1) is 26.4. The fourth-order valence-electron chi connectivity index (χ4n) is 6.53. The lowest BCUT2D eigenvalue weighted by molar-refractivity contribution is -0.0182. The van der Waals surface area contributed by atoms with Gasteiger partial charge in [0.15, 0.2) is 5.82 Å². The van der Waals surface area contributed by atoms with Crippen molar-refractivity contribution in [1.82, 2.24) is 34.2 Å². The predicted octanol–water partition coefficient (Wildman–Crippen LogP) is 4.07. The summed E-state index contributed by atoms with van der Waals surface area (Å²) in [7, 11) is 7.14. The Morgan fingerprint density at radius 1 is 1.12 bits per heavy atom. The van der Waals surface area contributed by atoms with Crippen molar-refractivity contribution in [3.05, 3.63) is 53.7 Å². The maximum atomic E-state index is 13.3. The molecule has 1 amide bonds. The van der Waals surface area contributed by atoms with Gasteiger partial charge in [-0.2, -0.15) is 5.10 Å². The average Bonchev–Trinajstić information content (AvgIpc) is 3.69. The lowest BCUT2D eigenvalue weighted by atomic mass is 9.90. The van der Waals surface area contributed by atoms with Crippen LogP contribution in [0.2, 0.25) is 0 Å².